The van der Waals surface area contributed by atoms with Crippen LogP contribution in [0.4, 0.5) is 0 Å². The Morgan fingerprint density at radius 1 is 0.380 bits per heavy atom. The van der Waals surface area contributed by atoms with Crippen LogP contribution in [0.25, 0.3) is 77.2 Å². The molecule has 0 amide bonds. The molecule has 0 N–H and O–H groups in total. The Kier molecular flexibility index (Phi) is 6.56. The highest BCUT2D eigenvalue weighted by atomic mass is 15.0. The standard InChI is InChI=1S/C45H25N5/c46-26-29-20-22-43-38(24-29)45-31(27-47)10-9-19-44(45)50(43)40-16-6-3-13-35(40)34-12-2-1-11-33(34)30-21-23-39(32(25-30)28-48)49-41-17-7-4-14-36(41)37-15-5-8-18-42(37)49/h1-25H. The second kappa shape index (κ2) is 11.4. The van der Waals surface area contributed by atoms with Crippen molar-refractivity contribution in [3.05, 3.63) is 168 Å². The third kappa shape index (κ3) is 4.24. The summed E-state index contributed by atoms with van der Waals surface area (Å²) in [6, 6.07) is 57.8. The van der Waals surface area contributed by atoms with Crippen LogP contribution in [0.3, 0.4) is 0 Å². The van der Waals surface area contributed by atoms with Gasteiger partial charge in [-0.05, 0) is 77.4 Å². The number of fused-ring (bicyclic) bond motifs is 6. The number of hydrogen-bond donors (Lipinski definition) is 0. The molecular formula is C45H25N5. The first-order valence-electron chi connectivity index (χ1n) is 16.3. The fourth-order valence-electron chi connectivity index (χ4n) is 7.53. The molecule has 5 nitrogen and oxygen atoms in total. The second-order valence-electron chi connectivity index (χ2n) is 12.3. The molecule has 2 heterocycles. The number of para-hydroxylation sites is 3. The van der Waals surface area contributed by atoms with Crippen LogP contribution in [0, 0.1) is 34.0 Å². The first-order valence-corrected chi connectivity index (χ1v) is 16.3. The zero-order valence-electron chi connectivity index (χ0n) is 26.7. The molecule has 2 aromatic heterocycles. The Balaban J connectivity index is 1.26. The fraction of sp³-hybridized carbons (Fsp3) is 0. The summed E-state index contributed by atoms with van der Waals surface area (Å²) in [5.74, 6) is 0. The summed E-state index contributed by atoms with van der Waals surface area (Å²) in [6.07, 6.45) is 0. The highest BCUT2D eigenvalue weighted by Crippen LogP contribution is 2.41. The zero-order valence-corrected chi connectivity index (χ0v) is 26.7. The van der Waals surface area contributed by atoms with Crippen molar-refractivity contribution in [3.8, 4) is 51.8 Å². The van der Waals surface area contributed by atoms with E-state index >= 15 is 0 Å². The number of rotatable bonds is 4. The van der Waals surface area contributed by atoms with Crippen molar-refractivity contribution in [1.29, 1.82) is 15.8 Å². The largest absolute Gasteiger partial charge is 0.309 e. The van der Waals surface area contributed by atoms with E-state index in [1.807, 2.05) is 91.0 Å². The molecule has 0 atom stereocenters. The predicted molar refractivity (Wildman–Crippen MR) is 200 cm³/mol. The molecule has 0 aliphatic carbocycles. The first-order chi connectivity index (χ1) is 24.7. The Bertz CT molecular complexity index is 2920. The number of nitriles is 3. The number of nitrogens with zero attached hydrogens (tertiary/aromatic N) is 5. The van der Waals surface area contributed by atoms with Crippen LogP contribution in [0.15, 0.2) is 152 Å². The van der Waals surface area contributed by atoms with E-state index in [2.05, 4.69) is 88.0 Å². The van der Waals surface area contributed by atoms with Gasteiger partial charge in [-0.3, -0.25) is 0 Å². The predicted octanol–water partition coefficient (Wildman–Crippen LogP) is 10.8. The Hall–Kier alpha value is -7.39. The van der Waals surface area contributed by atoms with Gasteiger partial charge >= 0.3 is 0 Å². The lowest BCUT2D eigenvalue weighted by Gasteiger charge is -2.18. The van der Waals surface area contributed by atoms with Gasteiger partial charge in [-0.1, -0.05) is 91.0 Å². The van der Waals surface area contributed by atoms with Crippen LogP contribution in [-0.4, -0.2) is 9.13 Å². The quantitative estimate of drug-likeness (QED) is 0.193. The molecule has 0 saturated heterocycles. The summed E-state index contributed by atoms with van der Waals surface area (Å²) in [5, 5.41) is 34.3. The third-order valence-electron chi connectivity index (χ3n) is 9.65. The lowest BCUT2D eigenvalue weighted by atomic mass is 9.92. The van der Waals surface area contributed by atoms with Gasteiger partial charge in [0.05, 0.1) is 62.3 Å². The first kappa shape index (κ1) is 28.8. The van der Waals surface area contributed by atoms with Crippen molar-refractivity contribution in [1.82, 2.24) is 9.13 Å². The van der Waals surface area contributed by atoms with Crippen LogP contribution >= 0.6 is 0 Å². The van der Waals surface area contributed by atoms with Crippen molar-refractivity contribution in [2.24, 2.45) is 0 Å². The van der Waals surface area contributed by atoms with Crippen LogP contribution < -0.4 is 0 Å². The lowest BCUT2D eigenvalue weighted by Crippen LogP contribution is -1.99. The minimum atomic E-state index is 0.542. The number of aromatic nitrogens is 2. The van der Waals surface area contributed by atoms with Crippen molar-refractivity contribution in [3.63, 3.8) is 0 Å². The topological polar surface area (TPSA) is 81.2 Å². The van der Waals surface area contributed by atoms with Gasteiger partial charge in [0.1, 0.15) is 6.07 Å². The smallest absolute Gasteiger partial charge is 0.101 e. The molecule has 0 radical (unpaired) electrons. The third-order valence-corrected chi connectivity index (χ3v) is 9.65. The van der Waals surface area contributed by atoms with Crippen LogP contribution in [0.1, 0.15) is 16.7 Å². The van der Waals surface area contributed by atoms with Crippen molar-refractivity contribution in [2.75, 3.05) is 0 Å². The van der Waals surface area contributed by atoms with E-state index in [-0.39, 0.29) is 0 Å². The average molecular weight is 636 g/mol. The molecular weight excluding hydrogens is 611 g/mol. The van der Waals surface area contributed by atoms with Crippen LogP contribution in [0.2, 0.25) is 0 Å². The summed E-state index contributed by atoms with van der Waals surface area (Å²) in [6.45, 7) is 0. The molecule has 0 aliphatic rings. The second-order valence-corrected chi connectivity index (χ2v) is 12.3. The summed E-state index contributed by atoms with van der Waals surface area (Å²) >= 11 is 0. The molecule has 0 fully saturated rings. The van der Waals surface area contributed by atoms with Crippen LogP contribution in [0.5, 0.6) is 0 Å². The van der Waals surface area contributed by atoms with Gasteiger partial charge in [0.25, 0.3) is 0 Å². The van der Waals surface area contributed by atoms with Crippen molar-refractivity contribution >= 4 is 43.6 Å². The molecule has 0 unspecified atom stereocenters. The van der Waals surface area contributed by atoms with E-state index in [1.54, 1.807) is 0 Å². The SMILES string of the molecule is N#Cc1ccc2c(c1)c1c(C#N)cccc1n2-c1ccccc1-c1ccccc1-c1ccc(-n2c3ccccc3c3ccccc32)c(C#N)c1. The normalized spacial score (nSPS) is 11.1. The van der Waals surface area contributed by atoms with Gasteiger partial charge in [-0.15, -0.1) is 0 Å². The van der Waals surface area contributed by atoms with E-state index < -0.39 is 0 Å². The molecule has 5 heteroatoms. The highest BCUT2D eigenvalue weighted by Gasteiger charge is 2.20. The van der Waals surface area contributed by atoms with Gasteiger partial charge < -0.3 is 9.13 Å². The van der Waals surface area contributed by atoms with Gasteiger partial charge in [0, 0.05) is 27.1 Å². The maximum absolute atomic E-state index is 10.6. The highest BCUT2D eigenvalue weighted by molar-refractivity contribution is 6.13. The molecule has 9 aromatic rings. The Morgan fingerprint density at radius 2 is 0.980 bits per heavy atom. The number of hydrogen-bond acceptors (Lipinski definition) is 3. The maximum atomic E-state index is 10.6. The van der Waals surface area contributed by atoms with E-state index in [4.69, 9.17) is 0 Å². The molecule has 0 bridgehead atoms. The molecule has 0 aliphatic heterocycles. The van der Waals surface area contributed by atoms with Gasteiger partial charge in [0.2, 0.25) is 0 Å². The minimum Gasteiger partial charge on any atom is -0.309 e. The Labute approximate surface area is 287 Å². The van der Waals surface area contributed by atoms with Crippen molar-refractivity contribution < 1.29 is 0 Å². The molecule has 230 valence electrons. The zero-order chi connectivity index (χ0) is 33.8. The molecule has 9 rings (SSSR count). The summed E-state index contributed by atoms with van der Waals surface area (Å²) < 4.78 is 4.37. The average Bonchev–Trinajstić information content (AvgIpc) is 3.70. The van der Waals surface area contributed by atoms with E-state index in [0.29, 0.717) is 16.7 Å². The summed E-state index contributed by atoms with van der Waals surface area (Å²) in [7, 11) is 0. The molecule has 0 saturated carbocycles. The lowest BCUT2D eigenvalue weighted by molar-refractivity contribution is 1.17. The van der Waals surface area contributed by atoms with E-state index in [0.717, 1.165) is 77.2 Å². The van der Waals surface area contributed by atoms with Gasteiger partial charge in [-0.25, -0.2) is 0 Å². The van der Waals surface area contributed by atoms with Gasteiger partial charge in [-0.2, -0.15) is 15.8 Å². The molecule has 50 heavy (non-hydrogen) atoms. The van der Waals surface area contributed by atoms with E-state index in [1.165, 1.54) is 0 Å². The Morgan fingerprint density at radius 3 is 1.70 bits per heavy atom. The molecule has 0 spiro atoms. The van der Waals surface area contributed by atoms with Crippen LogP contribution in [-0.2, 0) is 0 Å². The monoisotopic (exact) mass is 635 g/mol. The molecule has 7 aromatic carbocycles. The maximum Gasteiger partial charge on any atom is 0.101 e. The fourth-order valence-corrected chi connectivity index (χ4v) is 7.53. The number of benzene rings is 7. The minimum absolute atomic E-state index is 0.542. The summed E-state index contributed by atoms with van der Waals surface area (Å²) in [4.78, 5) is 0. The van der Waals surface area contributed by atoms with Crippen molar-refractivity contribution in [2.45, 2.75) is 0 Å². The van der Waals surface area contributed by atoms with Gasteiger partial charge in [0.15, 0.2) is 0 Å². The summed E-state index contributed by atoms with van der Waals surface area (Å²) in [5.41, 5.74) is 11.3. The van der Waals surface area contributed by atoms with E-state index in [9.17, 15) is 15.8 Å².